The van der Waals surface area contributed by atoms with Gasteiger partial charge < -0.3 is 5.11 Å². The van der Waals surface area contributed by atoms with Gasteiger partial charge in [-0.05, 0) is 31.1 Å². The van der Waals surface area contributed by atoms with Crippen LogP contribution in [0.1, 0.15) is 64.6 Å². The minimum absolute atomic E-state index is 0.101. The van der Waals surface area contributed by atoms with E-state index in [1.54, 1.807) is 11.3 Å². The molecule has 1 fully saturated rings. The van der Waals surface area contributed by atoms with Gasteiger partial charge in [-0.25, -0.2) is 4.98 Å². The Hall–Kier alpha value is -0.410. The number of hydrogen-bond acceptors (Lipinski definition) is 3. The molecule has 1 aliphatic rings. The molecular formula is C16H27NOS. The minimum Gasteiger partial charge on any atom is -0.389 e. The molecule has 0 bridgehead atoms. The Morgan fingerprint density at radius 3 is 2.63 bits per heavy atom. The van der Waals surface area contributed by atoms with Crippen molar-refractivity contribution in [1.82, 2.24) is 4.98 Å². The van der Waals surface area contributed by atoms with E-state index < -0.39 is 5.60 Å². The van der Waals surface area contributed by atoms with Crippen molar-refractivity contribution in [2.24, 2.45) is 11.8 Å². The average Bonchev–Trinajstić information content (AvgIpc) is 2.72. The van der Waals surface area contributed by atoms with E-state index in [1.165, 1.54) is 0 Å². The van der Waals surface area contributed by atoms with E-state index >= 15 is 0 Å². The molecule has 1 heterocycles. The van der Waals surface area contributed by atoms with Crippen LogP contribution in [0, 0.1) is 11.8 Å². The van der Waals surface area contributed by atoms with Gasteiger partial charge in [0, 0.05) is 17.2 Å². The monoisotopic (exact) mass is 281 g/mol. The summed E-state index contributed by atoms with van der Waals surface area (Å²) in [6.45, 7) is 11.0. The Bertz CT molecular complexity index is 434. The third-order valence-corrected chi connectivity index (χ3v) is 5.37. The number of rotatable bonds is 2. The van der Waals surface area contributed by atoms with Crippen LogP contribution in [0.4, 0.5) is 0 Å². The molecule has 1 saturated carbocycles. The molecule has 19 heavy (non-hydrogen) atoms. The number of aliphatic hydroxyl groups is 1. The third-order valence-electron chi connectivity index (χ3n) is 4.52. The first-order valence-electron chi connectivity index (χ1n) is 7.38. The van der Waals surface area contributed by atoms with Gasteiger partial charge in [0.1, 0.15) is 0 Å². The fraction of sp³-hybridized carbons (Fsp3) is 0.812. The predicted octanol–water partition coefficient (Wildman–Crippen LogP) is 4.17. The molecule has 3 unspecified atom stereocenters. The zero-order valence-electron chi connectivity index (χ0n) is 12.9. The molecule has 1 aromatic heterocycles. The van der Waals surface area contributed by atoms with Crippen LogP contribution < -0.4 is 0 Å². The first-order valence-corrected chi connectivity index (χ1v) is 8.26. The first-order chi connectivity index (χ1) is 8.71. The summed E-state index contributed by atoms with van der Waals surface area (Å²) >= 11 is 1.70. The lowest BCUT2D eigenvalue weighted by Gasteiger charge is -2.40. The zero-order valence-corrected chi connectivity index (χ0v) is 13.7. The predicted molar refractivity (Wildman–Crippen MR) is 81.6 cm³/mol. The van der Waals surface area contributed by atoms with Crippen LogP contribution in [0.5, 0.6) is 0 Å². The summed E-state index contributed by atoms with van der Waals surface area (Å²) in [5.41, 5.74) is 0.705. The van der Waals surface area contributed by atoms with Gasteiger partial charge >= 0.3 is 0 Å². The molecule has 0 aromatic carbocycles. The second-order valence-electron chi connectivity index (χ2n) is 7.44. The molecule has 0 radical (unpaired) electrons. The normalized spacial score (nSPS) is 32.5. The summed E-state index contributed by atoms with van der Waals surface area (Å²) in [6.07, 6.45) is 3.91. The van der Waals surface area contributed by atoms with E-state index in [9.17, 15) is 5.11 Å². The molecule has 2 nitrogen and oxygen atoms in total. The Morgan fingerprint density at radius 2 is 2.11 bits per heavy atom. The topological polar surface area (TPSA) is 33.1 Å². The highest BCUT2D eigenvalue weighted by molar-refractivity contribution is 7.09. The van der Waals surface area contributed by atoms with Crippen molar-refractivity contribution in [3.05, 3.63) is 16.1 Å². The molecule has 0 spiro atoms. The van der Waals surface area contributed by atoms with Crippen LogP contribution in [0.3, 0.4) is 0 Å². The quantitative estimate of drug-likeness (QED) is 0.882. The highest BCUT2D eigenvalue weighted by Gasteiger charge is 2.39. The van der Waals surface area contributed by atoms with Gasteiger partial charge in [0.25, 0.3) is 0 Å². The molecular weight excluding hydrogens is 254 g/mol. The maximum Gasteiger partial charge on any atom is 0.0957 e. The van der Waals surface area contributed by atoms with Crippen molar-refractivity contribution < 1.29 is 5.11 Å². The largest absolute Gasteiger partial charge is 0.389 e. The van der Waals surface area contributed by atoms with Gasteiger partial charge in [-0.2, -0.15) is 0 Å². The lowest BCUT2D eigenvalue weighted by molar-refractivity contribution is -0.0522. The van der Waals surface area contributed by atoms with Crippen LogP contribution in [-0.2, 0) is 11.8 Å². The van der Waals surface area contributed by atoms with Crippen LogP contribution in [0.25, 0.3) is 0 Å². The Kier molecular flexibility index (Phi) is 4.08. The van der Waals surface area contributed by atoms with Crippen molar-refractivity contribution in [2.75, 3.05) is 0 Å². The number of thiazole rings is 1. The first kappa shape index (κ1) is 15.0. The van der Waals surface area contributed by atoms with Crippen molar-refractivity contribution in [2.45, 2.75) is 71.3 Å². The van der Waals surface area contributed by atoms with Crippen molar-refractivity contribution in [1.29, 1.82) is 0 Å². The van der Waals surface area contributed by atoms with Gasteiger partial charge in [0.2, 0.25) is 0 Å². The van der Waals surface area contributed by atoms with Gasteiger partial charge in [0.05, 0.1) is 16.3 Å². The lowest BCUT2D eigenvalue weighted by Crippen LogP contribution is -2.43. The molecule has 0 amide bonds. The van der Waals surface area contributed by atoms with Crippen molar-refractivity contribution in [3.63, 3.8) is 0 Å². The lowest BCUT2D eigenvalue weighted by atomic mass is 9.71. The van der Waals surface area contributed by atoms with Crippen LogP contribution in [0.2, 0.25) is 0 Å². The fourth-order valence-electron chi connectivity index (χ4n) is 2.94. The molecule has 1 N–H and O–H groups in total. The summed E-state index contributed by atoms with van der Waals surface area (Å²) in [4.78, 5) is 4.73. The Balaban J connectivity index is 2.10. The Labute approximate surface area is 121 Å². The van der Waals surface area contributed by atoms with Gasteiger partial charge in [-0.15, -0.1) is 11.3 Å². The minimum atomic E-state index is -0.542. The maximum absolute atomic E-state index is 10.9. The number of aromatic nitrogens is 1. The molecule has 3 heteroatoms. The molecule has 2 rings (SSSR count). The highest BCUT2D eigenvalue weighted by atomic mass is 32.1. The molecule has 108 valence electrons. The fourth-order valence-corrected chi connectivity index (χ4v) is 4.08. The summed E-state index contributed by atoms with van der Waals surface area (Å²) in [6, 6.07) is 0. The number of hydrogen-bond donors (Lipinski definition) is 1. The molecule has 3 atom stereocenters. The standard InChI is InChI=1S/C16H27NOS/c1-11-6-7-16(18,12(2)8-11)9-14-17-13(10-19-14)15(3,4)5/h10-12,18H,6-9H2,1-5H3. The average molecular weight is 281 g/mol. The van der Waals surface area contributed by atoms with E-state index in [-0.39, 0.29) is 5.41 Å². The number of nitrogens with zero attached hydrogens (tertiary/aromatic N) is 1. The Morgan fingerprint density at radius 1 is 1.42 bits per heavy atom. The summed E-state index contributed by atoms with van der Waals surface area (Å²) < 4.78 is 0. The summed E-state index contributed by atoms with van der Waals surface area (Å²) in [7, 11) is 0. The van der Waals surface area contributed by atoms with E-state index in [4.69, 9.17) is 4.98 Å². The SMILES string of the molecule is CC1CCC(O)(Cc2nc(C(C)(C)C)cs2)C(C)C1. The van der Waals surface area contributed by atoms with Crippen LogP contribution >= 0.6 is 11.3 Å². The van der Waals surface area contributed by atoms with E-state index in [0.29, 0.717) is 5.92 Å². The summed E-state index contributed by atoms with van der Waals surface area (Å²) in [5, 5.41) is 14.1. The zero-order chi connectivity index (χ0) is 14.3. The van der Waals surface area contributed by atoms with Crippen molar-refractivity contribution >= 4 is 11.3 Å². The van der Waals surface area contributed by atoms with Gasteiger partial charge in [-0.3, -0.25) is 0 Å². The van der Waals surface area contributed by atoms with E-state index in [2.05, 4.69) is 40.0 Å². The van der Waals surface area contributed by atoms with E-state index in [0.717, 1.165) is 42.3 Å². The van der Waals surface area contributed by atoms with Crippen LogP contribution in [0.15, 0.2) is 5.38 Å². The molecule has 1 aromatic rings. The second kappa shape index (κ2) is 5.17. The molecule has 0 aliphatic heterocycles. The van der Waals surface area contributed by atoms with Crippen molar-refractivity contribution in [3.8, 4) is 0 Å². The smallest absolute Gasteiger partial charge is 0.0957 e. The van der Waals surface area contributed by atoms with Gasteiger partial charge in [0.15, 0.2) is 0 Å². The van der Waals surface area contributed by atoms with Gasteiger partial charge in [-0.1, -0.05) is 34.6 Å². The molecule has 0 saturated heterocycles. The highest BCUT2D eigenvalue weighted by Crippen LogP contribution is 2.39. The van der Waals surface area contributed by atoms with E-state index in [1.807, 2.05) is 0 Å². The summed E-state index contributed by atoms with van der Waals surface area (Å²) in [5.74, 6) is 1.12. The second-order valence-corrected chi connectivity index (χ2v) is 8.38. The van der Waals surface area contributed by atoms with Crippen LogP contribution in [-0.4, -0.2) is 15.7 Å². The molecule has 1 aliphatic carbocycles. The maximum atomic E-state index is 10.9. The third kappa shape index (κ3) is 3.38.